The first-order chi connectivity index (χ1) is 17.9. The van der Waals surface area contributed by atoms with E-state index in [1.807, 2.05) is 30.3 Å². The van der Waals surface area contributed by atoms with Crippen molar-refractivity contribution >= 4 is 17.2 Å². The average molecular weight is 467 g/mol. The second-order valence-corrected chi connectivity index (χ2v) is 8.65. The molecule has 0 saturated carbocycles. The van der Waals surface area contributed by atoms with Crippen molar-refractivity contribution in [2.75, 3.05) is 10.0 Å². The molecule has 0 spiro atoms. The Morgan fingerprint density at radius 1 is 0.472 bits per heavy atom. The molecule has 36 heavy (non-hydrogen) atoms. The number of hydrogen-bond donors (Lipinski definition) is 1. The monoisotopic (exact) mass is 466 g/mol. The van der Waals surface area contributed by atoms with Crippen LogP contribution in [0.3, 0.4) is 0 Å². The van der Waals surface area contributed by atoms with Crippen LogP contribution in [0.5, 0.6) is 0 Å². The van der Waals surface area contributed by atoms with E-state index in [0.717, 1.165) is 33.9 Å². The maximum Gasteiger partial charge on any atom is 0.204 e. The first-order valence-electron chi connectivity index (χ1n) is 12.1. The number of hydrazine groups is 1. The van der Waals surface area contributed by atoms with Gasteiger partial charge in [0.2, 0.25) is 5.66 Å². The zero-order valence-electron chi connectivity index (χ0n) is 19.8. The highest BCUT2D eigenvalue weighted by atomic mass is 15.7. The third-order valence-corrected chi connectivity index (χ3v) is 6.46. The lowest BCUT2D eigenvalue weighted by atomic mass is 9.88. The molecule has 0 unspecified atom stereocenters. The Morgan fingerprint density at radius 3 is 1.39 bits per heavy atom. The van der Waals surface area contributed by atoms with Crippen LogP contribution in [0, 0.1) is 0 Å². The van der Waals surface area contributed by atoms with Gasteiger partial charge in [-0.15, -0.1) is 5.10 Å². The molecular formula is C32H26N4. The van der Waals surface area contributed by atoms with Gasteiger partial charge in [-0.25, -0.2) is 5.01 Å². The number of hydrazone groups is 1. The maximum absolute atomic E-state index is 5.30. The molecule has 0 radical (unpaired) electrons. The Bertz CT molecular complexity index is 1400. The Morgan fingerprint density at radius 2 is 0.889 bits per heavy atom. The lowest BCUT2D eigenvalue weighted by Gasteiger charge is -2.53. The second-order valence-electron chi connectivity index (χ2n) is 8.65. The van der Waals surface area contributed by atoms with E-state index >= 15 is 0 Å². The summed E-state index contributed by atoms with van der Waals surface area (Å²) in [5.74, 6) is 0.769. The summed E-state index contributed by atoms with van der Waals surface area (Å²) in [4.78, 5) is 0. The number of para-hydroxylation sites is 2. The molecule has 4 heteroatoms. The Hall–Kier alpha value is -4.83. The van der Waals surface area contributed by atoms with Gasteiger partial charge in [-0.2, -0.15) is 0 Å². The van der Waals surface area contributed by atoms with E-state index in [1.54, 1.807) is 0 Å². The van der Waals surface area contributed by atoms with Gasteiger partial charge in [0.25, 0.3) is 0 Å². The maximum atomic E-state index is 5.30. The van der Waals surface area contributed by atoms with Crippen LogP contribution in [0.25, 0.3) is 0 Å². The van der Waals surface area contributed by atoms with Crippen LogP contribution >= 0.6 is 0 Å². The van der Waals surface area contributed by atoms with Gasteiger partial charge in [0.15, 0.2) is 5.84 Å². The first-order valence-corrected chi connectivity index (χ1v) is 12.1. The topological polar surface area (TPSA) is 30.9 Å². The van der Waals surface area contributed by atoms with Crippen molar-refractivity contribution in [2.24, 2.45) is 5.10 Å². The van der Waals surface area contributed by atoms with E-state index < -0.39 is 5.66 Å². The van der Waals surface area contributed by atoms with Gasteiger partial charge in [0.05, 0.1) is 11.4 Å². The molecule has 0 fully saturated rings. The summed E-state index contributed by atoms with van der Waals surface area (Å²) < 4.78 is 0. The van der Waals surface area contributed by atoms with Gasteiger partial charge >= 0.3 is 0 Å². The number of hydrogen-bond acceptors (Lipinski definition) is 4. The summed E-state index contributed by atoms with van der Waals surface area (Å²) in [5.41, 5.74) is 8.10. The van der Waals surface area contributed by atoms with E-state index in [0.29, 0.717) is 0 Å². The molecule has 5 aromatic rings. The summed E-state index contributed by atoms with van der Waals surface area (Å²) in [6.45, 7) is 0. The van der Waals surface area contributed by atoms with E-state index in [4.69, 9.17) is 5.10 Å². The molecule has 6 rings (SSSR count). The van der Waals surface area contributed by atoms with Gasteiger partial charge in [0.1, 0.15) is 0 Å². The second kappa shape index (κ2) is 9.43. The Kier molecular flexibility index (Phi) is 5.68. The molecular weight excluding hydrogens is 440 g/mol. The van der Waals surface area contributed by atoms with Crippen molar-refractivity contribution in [3.63, 3.8) is 0 Å². The summed E-state index contributed by atoms with van der Waals surface area (Å²) >= 11 is 0. The molecule has 0 atom stereocenters. The van der Waals surface area contributed by atoms with Gasteiger partial charge in [-0.1, -0.05) is 127 Å². The highest BCUT2D eigenvalue weighted by Gasteiger charge is 2.50. The summed E-state index contributed by atoms with van der Waals surface area (Å²) in [6.07, 6.45) is 0. The molecule has 0 bridgehead atoms. The fourth-order valence-corrected chi connectivity index (χ4v) is 4.85. The fraction of sp³-hybridized carbons (Fsp3) is 0.0312. The predicted molar refractivity (Wildman–Crippen MR) is 148 cm³/mol. The Balaban J connectivity index is 1.72. The molecule has 1 heterocycles. The molecule has 1 aliphatic rings. The van der Waals surface area contributed by atoms with Gasteiger partial charge in [-0.05, 0) is 24.3 Å². The van der Waals surface area contributed by atoms with Crippen molar-refractivity contribution < 1.29 is 0 Å². The molecule has 1 aliphatic heterocycles. The molecule has 174 valence electrons. The molecule has 5 aromatic carbocycles. The lowest BCUT2D eigenvalue weighted by Crippen LogP contribution is -2.67. The lowest BCUT2D eigenvalue weighted by molar-refractivity contribution is 0.412. The van der Waals surface area contributed by atoms with E-state index in [-0.39, 0.29) is 0 Å². The van der Waals surface area contributed by atoms with Crippen LogP contribution in [0.4, 0.5) is 11.4 Å². The summed E-state index contributed by atoms with van der Waals surface area (Å²) in [5, 5.41) is 9.68. The number of amidine groups is 1. The zero-order valence-corrected chi connectivity index (χ0v) is 19.8. The summed E-state index contributed by atoms with van der Waals surface area (Å²) in [7, 11) is 0. The standard InChI is InChI=1S/C32H26N4/c1-6-16-26(17-7-1)31-33-35(29-22-12-4-13-23-29)32(27-18-8-2-9-19-27,28-20-10-3-11-21-28)36(34-31)30-24-14-5-15-25-30/h1-25H,(H,33,34). The SMILES string of the molecule is c1ccc(C2=NN(c3ccccc3)C(c3ccccc3)(c3ccccc3)N(c3ccccc3)N2)cc1. The fourth-order valence-electron chi connectivity index (χ4n) is 4.85. The van der Waals surface area contributed by atoms with Gasteiger partial charge in [-0.3, -0.25) is 10.4 Å². The molecule has 0 amide bonds. The molecule has 1 N–H and O–H groups in total. The number of rotatable bonds is 5. The number of nitrogens with one attached hydrogen (secondary N) is 1. The number of nitrogens with zero attached hydrogens (tertiary/aromatic N) is 3. The van der Waals surface area contributed by atoms with Gasteiger partial charge in [0, 0.05) is 16.7 Å². The Labute approximate surface area is 211 Å². The first kappa shape index (κ1) is 21.7. The third kappa shape index (κ3) is 3.69. The van der Waals surface area contributed by atoms with Crippen LogP contribution in [0.15, 0.2) is 157 Å². The normalized spacial score (nSPS) is 14.6. The van der Waals surface area contributed by atoms with E-state index in [2.05, 4.69) is 137 Å². The quantitative estimate of drug-likeness (QED) is 0.310. The van der Waals surface area contributed by atoms with Crippen LogP contribution < -0.4 is 15.4 Å². The van der Waals surface area contributed by atoms with E-state index in [1.165, 1.54) is 0 Å². The minimum atomic E-state index is -0.816. The summed E-state index contributed by atoms with van der Waals surface area (Å²) in [6, 6.07) is 52.2. The van der Waals surface area contributed by atoms with Crippen LogP contribution in [0.1, 0.15) is 16.7 Å². The largest absolute Gasteiger partial charge is 0.277 e. The van der Waals surface area contributed by atoms with E-state index in [9.17, 15) is 0 Å². The minimum absolute atomic E-state index is 0.769. The molecule has 0 aromatic heterocycles. The molecule has 0 aliphatic carbocycles. The predicted octanol–water partition coefficient (Wildman–Crippen LogP) is 6.78. The van der Waals surface area contributed by atoms with Crippen LogP contribution in [0.2, 0.25) is 0 Å². The average Bonchev–Trinajstić information content (AvgIpc) is 2.98. The highest BCUT2D eigenvalue weighted by Crippen LogP contribution is 2.45. The zero-order chi connectivity index (χ0) is 24.2. The molecule has 0 saturated heterocycles. The van der Waals surface area contributed by atoms with Crippen molar-refractivity contribution in [2.45, 2.75) is 5.66 Å². The van der Waals surface area contributed by atoms with Crippen molar-refractivity contribution in [1.82, 2.24) is 5.43 Å². The minimum Gasteiger partial charge on any atom is -0.277 e. The smallest absolute Gasteiger partial charge is 0.204 e. The van der Waals surface area contributed by atoms with Gasteiger partial charge < -0.3 is 0 Å². The number of benzene rings is 5. The van der Waals surface area contributed by atoms with Crippen LogP contribution in [-0.4, -0.2) is 5.84 Å². The van der Waals surface area contributed by atoms with Crippen LogP contribution in [-0.2, 0) is 5.66 Å². The highest BCUT2D eigenvalue weighted by molar-refractivity contribution is 6.01. The third-order valence-electron chi connectivity index (χ3n) is 6.46. The van der Waals surface area contributed by atoms with Crippen molar-refractivity contribution in [1.29, 1.82) is 0 Å². The number of anilines is 2. The molecule has 4 nitrogen and oxygen atoms in total. The van der Waals surface area contributed by atoms with Crippen molar-refractivity contribution in [3.8, 4) is 0 Å². The van der Waals surface area contributed by atoms with Crippen molar-refractivity contribution in [3.05, 3.63) is 168 Å².